The molecule has 8 heteroatoms. The van der Waals surface area contributed by atoms with Gasteiger partial charge in [-0.3, -0.25) is 0 Å². The van der Waals surface area contributed by atoms with E-state index in [9.17, 15) is 13.2 Å². The lowest BCUT2D eigenvalue weighted by atomic mass is 9.96. The number of pyridine rings is 1. The second-order valence-electron chi connectivity index (χ2n) is 8.67. The van der Waals surface area contributed by atoms with Crippen LogP contribution in [-0.2, 0) is 7.05 Å². The molecule has 35 heavy (non-hydrogen) atoms. The maximum absolute atomic E-state index is 13.0. The van der Waals surface area contributed by atoms with Crippen LogP contribution in [0.4, 0.5) is 19.1 Å². The third-order valence-corrected chi connectivity index (χ3v) is 6.63. The molecule has 0 bridgehead atoms. The molecule has 4 aromatic rings. The van der Waals surface area contributed by atoms with Crippen molar-refractivity contribution in [2.45, 2.75) is 19.0 Å². The number of rotatable bonds is 2. The second kappa shape index (κ2) is 9.27. The van der Waals surface area contributed by atoms with Gasteiger partial charge >= 0.3 is 6.18 Å². The number of aryl methyl sites for hydroxylation is 1. The summed E-state index contributed by atoms with van der Waals surface area (Å²) in [4.78, 5) is 11.1. The molecule has 1 aliphatic heterocycles. The molecule has 0 N–H and O–H groups in total. The van der Waals surface area contributed by atoms with E-state index in [1.165, 1.54) is 0 Å². The van der Waals surface area contributed by atoms with Crippen LogP contribution in [0.25, 0.3) is 22.2 Å². The van der Waals surface area contributed by atoms with Gasteiger partial charge in [0.1, 0.15) is 5.69 Å². The summed E-state index contributed by atoms with van der Waals surface area (Å²) in [7, 11) is 1.89. The summed E-state index contributed by atoms with van der Waals surface area (Å²) in [5, 5.41) is 0.687. The van der Waals surface area contributed by atoms with Gasteiger partial charge in [0.2, 0.25) is 5.95 Å². The molecule has 0 spiro atoms. The van der Waals surface area contributed by atoms with Crippen LogP contribution >= 0.6 is 11.6 Å². The van der Waals surface area contributed by atoms with Gasteiger partial charge in [-0.2, -0.15) is 13.2 Å². The number of fused-ring (bicyclic) bond motifs is 1. The summed E-state index contributed by atoms with van der Waals surface area (Å²) < 4.78 is 40.9. The van der Waals surface area contributed by atoms with Gasteiger partial charge in [0, 0.05) is 42.5 Å². The van der Waals surface area contributed by atoms with Crippen molar-refractivity contribution < 1.29 is 13.2 Å². The summed E-state index contributed by atoms with van der Waals surface area (Å²) >= 11 is 5.95. The number of halogens is 4. The zero-order chi connectivity index (χ0) is 24.6. The lowest BCUT2D eigenvalue weighted by Crippen LogP contribution is -2.40. The summed E-state index contributed by atoms with van der Waals surface area (Å²) in [5.74, 6) is 5.67. The Bertz CT molecular complexity index is 1410. The lowest BCUT2D eigenvalue weighted by Gasteiger charge is -2.33. The first-order valence-electron chi connectivity index (χ1n) is 11.3. The molecule has 1 fully saturated rings. The Kier molecular flexibility index (Phi) is 6.16. The quantitative estimate of drug-likeness (QED) is 0.300. The van der Waals surface area contributed by atoms with Crippen molar-refractivity contribution >= 4 is 28.6 Å². The number of imidazole rings is 1. The molecule has 0 atom stereocenters. The SMILES string of the molecule is Cn1c(N2CCC(C(F)(F)F)CC2)nc2cc(C#Cc3ccc(-c4ccc(Cl)cc4)cn3)ccc21. The minimum absolute atomic E-state index is 0.0905. The second-order valence-corrected chi connectivity index (χ2v) is 9.10. The van der Waals surface area contributed by atoms with E-state index in [1.54, 1.807) is 6.20 Å². The van der Waals surface area contributed by atoms with Crippen LogP contribution < -0.4 is 4.90 Å². The predicted molar refractivity (Wildman–Crippen MR) is 132 cm³/mol. The molecule has 0 radical (unpaired) electrons. The zero-order valence-corrected chi connectivity index (χ0v) is 19.7. The molecule has 0 amide bonds. The van der Waals surface area contributed by atoms with Gasteiger partial charge in [0.15, 0.2) is 0 Å². The highest BCUT2D eigenvalue weighted by Gasteiger charge is 2.41. The Morgan fingerprint density at radius 3 is 2.31 bits per heavy atom. The van der Waals surface area contributed by atoms with Crippen molar-refractivity contribution in [3.8, 4) is 23.0 Å². The van der Waals surface area contributed by atoms with E-state index >= 15 is 0 Å². The minimum atomic E-state index is -4.13. The number of anilines is 1. The molecule has 5 rings (SSSR count). The van der Waals surface area contributed by atoms with Crippen LogP contribution in [0.3, 0.4) is 0 Å². The smallest absolute Gasteiger partial charge is 0.342 e. The van der Waals surface area contributed by atoms with Crippen molar-refractivity contribution in [2.24, 2.45) is 13.0 Å². The average Bonchev–Trinajstić information content (AvgIpc) is 3.19. The van der Waals surface area contributed by atoms with Crippen molar-refractivity contribution in [3.63, 3.8) is 0 Å². The number of alkyl halides is 3. The van der Waals surface area contributed by atoms with E-state index in [4.69, 9.17) is 16.6 Å². The predicted octanol–water partition coefficient (Wildman–Crippen LogP) is 6.47. The molecule has 0 unspecified atom stereocenters. The standard InChI is InChI=1S/C27H22ClF3N4/c1-34-25-11-3-18(2-9-23-10-6-20(17-32-23)19-4-7-22(28)8-5-19)16-24(25)33-26(34)35-14-12-21(13-15-35)27(29,30)31/h3-8,10-11,16-17,21H,12-15H2,1H3. The summed E-state index contributed by atoms with van der Waals surface area (Å²) in [6.07, 6.45) is -2.17. The molecule has 1 saturated heterocycles. The fourth-order valence-corrected chi connectivity index (χ4v) is 4.50. The first-order valence-corrected chi connectivity index (χ1v) is 11.7. The maximum Gasteiger partial charge on any atom is 0.391 e. The number of nitrogens with zero attached hydrogens (tertiary/aromatic N) is 4. The Morgan fingerprint density at radius 1 is 0.943 bits per heavy atom. The first kappa shape index (κ1) is 23.3. The molecule has 4 nitrogen and oxygen atoms in total. The molecule has 2 aromatic heterocycles. The number of benzene rings is 2. The molecule has 2 aromatic carbocycles. The van der Waals surface area contributed by atoms with Crippen molar-refractivity contribution in [1.82, 2.24) is 14.5 Å². The van der Waals surface area contributed by atoms with Crippen molar-refractivity contribution in [3.05, 3.63) is 77.1 Å². The summed E-state index contributed by atoms with van der Waals surface area (Å²) in [6, 6.07) is 17.2. The van der Waals surface area contributed by atoms with Crippen molar-refractivity contribution in [1.29, 1.82) is 0 Å². The highest BCUT2D eigenvalue weighted by molar-refractivity contribution is 6.30. The van der Waals surface area contributed by atoms with Gasteiger partial charge in [-0.05, 0) is 60.7 Å². The highest BCUT2D eigenvalue weighted by atomic mass is 35.5. The van der Waals surface area contributed by atoms with Crippen molar-refractivity contribution in [2.75, 3.05) is 18.0 Å². The summed E-state index contributed by atoms with van der Waals surface area (Å²) in [5.41, 5.74) is 5.13. The molecule has 0 aliphatic carbocycles. The fraction of sp³-hybridized carbons (Fsp3) is 0.259. The zero-order valence-electron chi connectivity index (χ0n) is 19.0. The van der Waals surface area contributed by atoms with Crippen LogP contribution in [0, 0.1) is 17.8 Å². The molecular weight excluding hydrogens is 473 g/mol. The third kappa shape index (κ3) is 4.98. The molecule has 0 saturated carbocycles. The van der Waals surface area contributed by atoms with E-state index in [-0.39, 0.29) is 12.8 Å². The van der Waals surface area contributed by atoms with Crippen LogP contribution in [0.1, 0.15) is 24.1 Å². The molecule has 178 valence electrons. The minimum Gasteiger partial charge on any atom is -0.342 e. The Morgan fingerprint density at radius 2 is 1.66 bits per heavy atom. The van der Waals surface area contributed by atoms with Crippen LogP contribution in [-0.4, -0.2) is 33.8 Å². The third-order valence-electron chi connectivity index (χ3n) is 6.37. The topological polar surface area (TPSA) is 34.0 Å². The number of hydrogen-bond acceptors (Lipinski definition) is 3. The van der Waals surface area contributed by atoms with Gasteiger partial charge < -0.3 is 9.47 Å². The highest BCUT2D eigenvalue weighted by Crippen LogP contribution is 2.35. The maximum atomic E-state index is 13.0. The average molecular weight is 495 g/mol. The number of hydrogen-bond donors (Lipinski definition) is 0. The van der Waals surface area contributed by atoms with Crippen LogP contribution in [0.5, 0.6) is 0 Å². The normalized spacial score (nSPS) is 14.7. The van der Waals surface area contributed by atoms with E-state index in [0.717, 1.165) is 27.7 Å². The number of piperidine rings is 1. The van der Waals surface area contributed by atoms with E-state index in [1.807, 2.05) is 71.1 Å². The fourth-order valence-electron chi connectivity index (χ4n) is 4.37. The van der Waals surface area contributed by atoms with Crippen LogP contribution in [0.2, 0.25) is 5.02 Å². The lowest BCUT2D eigenvalue weighted by molar-refractivity contribution is -0.179. The van der Waals surface area contributed by atoms with Gasteiger partial charge in [0.25, 0.3) is 0 Å². The van der Waals surface area contributed by atoms with E-state index in [2.05, 4.69) is 16.8 Å². The number of aromatic nitrogens is 3. The van der Waals surface area contributed by atoms with E-state index in [0.29, 0.717) is 29.8 Å². The summed E-state index contributed by atoms with van der Waals surface area (Å²) in [6.45, 7) is 0.678. The molecular formula is C27H22ClF3N4. The Labute approximate surface area is 206 Å². The van der Waals surface area contributed by atoms with Gasteiger partial charge in [-0.15, -0.1) is 0 Å². The largest absolute Gasteiger partial charge is 0.391 e. The van der Waals surface area contributed by atoms with Gasteiger partial charge in [-0.25, -0.2) is 9.97 Å². The van der Waals surface area contributed by atoms with Gasteiger partial charge in [0.05, 0.1) is 17.0 Å². The molecule has 3 heterocycles. The van der Waals surface area contributed by atoms with E-state index < -0.39 is 12.1 Å². The Balaban J connectivity index is 1.32. The first-order chi connectivity index (χ1) is 16.8. The Hall–Kier alpha value is -3.50. The van der Waals surface area contributed by atoms with Crippen LogP contribution in [0.15, 0.2) is 60.8 Å². The monoisotopic (exact) mass is 494 g/mol. The van der Waals surface area contributed by atoms with Gasteiger partial charge in [-0.1, -0.05) is 35.7 Å². The molecule has 1 aliphatic rings.